The SMILES string of the molecule is CCOC(=O)c1nc(I)sc1NC(=O)OC(C)(C)C. The van der Waals surface area contributed by atoms with E-state index in [2.05, 4.69) is 10.3 Å². The van der Waals surface area contributed by atoms with Crippen LogP contribution in [-0.4, -0.2) is 29.3 Å². The zero-order chi connectivity index (χ0) is 14.6. The maximum absolute atomic E-state index is 11.7. The van der Waals surface area contributed by atoms with Crippen molar-refractivity contribution < 1.29 is 19.1 Å². The summed E-state index contributed by atoms with van der Waals surface area (Å²) in [5, 5.41) is 2.85. The minimum Gasteiger partial charge on any atom is -0.461 e. The molecule has 0 fully saturated rings. The van der Waals surface area contributed by atoms with Crippen LogP contribution in [0.2, 0.25) is 0 Å². The van der Waals surface area contributed by atoms with Crippen LogP contribution in [0, 0.1) is 3.01 Å². The van der Waals surface area contributed by atoms with E-state index in [1.54, 1.807) is 27.7 Å². The van der Waals surface area contributed by atoms with Gasteiger partial charge in [-0.05, 0) is 50.3 Å². The van der Waals surface area contributed by atoms with E-state index >= 15 is 0 Å². The van der Waals surface area contributed by atoms with Gasteiger partial charge in [0, 0.05) is 0 Å². The topological polar surface area (TPSA) is 77.5 Å². The van der Waals surface area contributed by atoms with Gasteiger partial charge in [0.15, 0.2) is 8.71 Å². The Bertz CT molecular complexity index is 482. The van der Waals surface area contributed by atoms with Crippen molar-refractivity contribution in [2.75, 3.05) is 11.9 Å². The highest BCUT2D eigenvalue weighted by atomic mass is 127. The molecule has 1 amide bonds. The van der Waals surface area contributed by atoms with Crippen molar-refractivity contribution >= 4 is 51.0 Å². The summed E-state index contributed by atoms with van der Waals surface area (Å²) in [6.07, 6.45) is -0.627. The number of hydrogen-bond acceptors (Lipinski definition) is 6. The number of halogens is 1. The van der Waals surface area contributed by atoms with Crippen molar-refractivity contribution in [3.05, 3.63) is 8.71 Å². The first-order valence-corrected chi connectivity index (χ1v) is 7.46. The second-order valence-electron chi connectivity index (χ2n) is 4.49. The summed E-state index contributed by atoms with van der Waals surface area (Å²) in [6, 6.07) is 0. The second-order valence-corrected chi connectivity index (χ2v) is 7.24. The van der Waals surface area contributed by atoms with Gasteiger partial charge in [0.25, 0.3) is 0 Å². The smallest absolute Gasteiger partial charge is 0.412 e. The van der Waals surface area contributed by atoms with Crippen LogP contribution in [0.25, 0.3) is 0 Å². The molecule has 0 saturated carbocycles. The van der Waals surface area contributed by atoms with E-state index in [0.717, 1.165) is 0 Å². The van der Waals surface area contributed by atoms with Gasteiger partial charge in [0.2, 0.25) is 0 Å². The van der Waals surface area contributed by atoms with Gasteiger partial charge in [0.05, 0.1) is 6.61 Å². The molecule has 0 unspecified atom stereocenters. The monoisotopic (exact) mass is 398 g/mol. The number of nitrogens with zero attached hydrogens (tertiary/aromatic N) is 1. The fraction of sp³-hybridized carbons (Fsp3) is 0.545. The summed E-state index contributed by atoms with van der Waals surface area (Å²) in [6.45, 7) is 7.23. The van der Waals surface area contributed by atoms with E-state index in [1.807, 2.05) is 22.6 Å². The molecule has 6 nitrogen and oxygen atoms in total. The number of nitrogens with one attached hydrogen (secondary N) is 1. The first kappa shape index (κ1) is 16.2. The molecule has 1 rings (SSSR count). The Balaban J connectivity index is 2.83. The van der Waals surface area contributed by atoms with Gasteiger partial charge in [-0.3, -0.25) is 5.32 Å². The van der Waals surface area contributed by atoms with Gasteiger partial charge in [-0.2, -0.15) is 0 Å². The van der Waals surface area contributed by atoms with Gasteiger partial charge in [0.1, 0.15) is 10.6 Å². The Morgan fingerprint density at radius 3 is 2.58 bits per heavy atom. The normalized spacial score (nSPS) is 11.0. The molecule has 1 N–H and O–H groups in total. The van der Waals surface area contributed by atoms with Crippen LogP contribution in [0.15, 0.2) is 0 Å². The Labute approximate surface area is 129 Å². The van der Waals surface area contributed by atoms with E-state index in [4.69, 9.17) is 9.47 Å². The summed E-state index contributed by atoms with van der Waals surface area (Å²) < 4.78 is 10.6. The molecule has 8 heteroatoms. The van der Waals surface area contributed by atoms with Crippen LogP contribution in [0.1, 0.15) is 38.2 Å². The third-order valence-electron chi connectivity index (χ3n) is 1.68. The number of amides is 1. The van der Waals surface area contributed by atoms with Gasteiger partial charge >= 0.3 is 12.1 Å². The predicted molar refractivity (Wildman–Crippen MR) is 80.6 cm³/mol. The highest BCUT2D eigenvalue weighted by molar-refractivity contribution is 14.1. The molecule has 0 radical (unpaired) electrons. The second kappa shape index (κ2) is 6.51. The van der Waals surface area contributed by atoms with Crippen LogP contribution < -0.4 is 5.32 Å². The maximum atomic E-state index is 11.7. The van der Waals surface area contributed by atoms with Crippen LogP contribution in [-0.2, 0) is 9.47 Å². The molecule has 0 atom stereocenters. The molecule has 1 aromatic heterocycles. The Morgan fingerprint density at radius 1 is 1.42 bits per heavy atom. The van der Waals surface area contributed by atoms with Gasteiger partial charge < -0.3 is 9.47 Å². The molecule has 0 spiro atoms. The maximum Gasteiger partial charge on any atom is 0.412 e. The van der Waals surface area contributed by atoms with E-state index in [1.165, 1.54) is 11.3 Å². The average Bonchev–Trinajstić information content (AvgIpc) is 2.56. The number of anilines is 1. The summed E-state index contributed by atoms with van der Waals surface area (Å²) >= 11 is 3.16. The van der Waals surface area contributed by atoms with Crippen LogP contribution in [0.3, 0.4) is 0 Å². The molecular formula is C11H15IN2O4S. The summed E-state index contributed by atoms with van der Waals surface area (Å²) in [7, 11) is 0. The molecular weight excluding hydrogens is 383 g/mol. The molecule has 0 aromatic carbocycles. The summed E-state index contributed by atoms with van der Waals surface area (Å²) in [5.74, 6) is -0.562. The number of ether oxygens (including phenoxy) is 2. The third-order valence-corrected chi connectivity index (χ3v) is 3.35. The Morgan fingerprint density at radius 2 is 2.05 bits per heavy atom. The van der Waals surface area contributed by atoms with Crippen molar-refractivity contribution in [3.8, 4) is 0 Å². The van der Waals surface area contributed by atoms with Crippen LogP contribution in [0.5, 0.6) is 0 Å². The molecule has 0 bridgehead atoms. The molecule has 106 valence electrons. The highest BCUT2D eigenvalue weighted by Crippen LogP contribution is 2.27. The molecule has 19 heavy (non-hydrogen) atoms. The fourth-order valence-corrected chi connectivity index (χ4v) is 2.68. The van der Waals surface area contributed by atoms with Gasteiger partial charge in [-0.25, -0.2) is 14.6 Å². The van der Waals surface area contributed by atoms with Gasteiger partial charge in [-0.1, -0.05) is 11.3 Å². The van der Waals surface area contributed by atoms with E-state index in [0.29, 0.717) is 8.02 Å². The number of aromatic nitrogens is 1. The lowest BCUT2D eigenvalue weighted by Gasteiger charge is -2.19. The average molecular weight is 398 g/mol. The van der Waals surface area contributed by atoms with Crippen molar-refractivity contribution in [1.82, 2.24) is 4.98 Å². The van der Waals surface area contributed by atoms with Crippen LogP contribution >= 0.6 is 33.9 Å². The molecule has 0 saturated heterocycles. The van der Waals surface area contributed by atoms with E-state index in [9.17, 15) is 9.59 Å². The first-order valence-electron chi connectivity index (χ1n) is 5.56. The number of carbonyl (C=O) groups is 2. The fourth-order valence-electron chi connectivity index (χ4n) is 1.11. The van der Waals surface area contributed by atoms with Crippen LogP contribution in [0.4, 0.5) is 9.80 Å². The Kier molecular flexibility index (Phi) is 5.53. The minimum absolute atomic E-state index is 0.0992. The zero-order valence-corrected chi connectivity index (χ0v) is 14.0. The lowest BCUT2D eigenvalue weighted by molar-refractivity contribution is 0.0521. The number of esters is 1. The van der Waals surface area contributed by atoms with E-state index in [-0.39, 0.29) is 12.3 Å². The lowest BCUT2D eigenvalue weighted by Crippen LogP contribution is -2.27. The predicted octanol–water partition coefficient (Wildman–Crippen LogP) is 3.27. The number of hydrogen-bond donors (Lipinski definition) is 1. The van der Waals surface area contributed by atoms with Crippen molar-refractivity contribution in [2.24, 2.45) is 0 Å². The summed E-state index contributed by atoms with van der Waals surface area (Å²) in [5.41, 5.74) is -0.506. The largest absolute Gasteiger partial charge is 0.461 e. The molecule has 1 aromatic rings. The zero-order valence-electron chi connectivity index (χ0n) is 11.1. The quantitative estimate of drug-likeness (QED) is 0.625. The summed E-state index contributed by atoms with van der Waals surface area (Å²) in [4.78, 5) is 27.4. The van der Waals surface area contributed by atoms with Crippen molar-refractivity contribution in [2.45, 2.75) is 33.3 Å². The first-order chi connectivity index (χ1) is 8.73. The highest BCUT2D eigenvalue weighted by Gasteiger charge is 2.23. The molecule has 0 aliphatic carbocycles. The number of rotatable bonds is 3. The van der Waals surface area contributed by atoms with Crippen molar-refractivity contribution in [1.29, 1.82) is 0 Å². The third kappa shape index (κ3) is 5.31. The Hall–Kier alpha value is -0.900. The minimum atomic E-state index is -0.627. The standard InChI is InChI=1S/C11H15IN2O4S/c1-5-17-8(15)6-7(19-9(12)13-6)14-10(16)18-11(2,3)4/h5H2,1-4H3,(H,14,16). The van der Waals surface area contributed by atoms with Gasteiger partial charge in [-0.15, -0.1) is 0 Å². The molecule has 0 aliphatic heterocycles. The molecule has 1 heterocycles. The lowest BCUT2D eigenvalue weighted by atomic mass is 10.2. The van der Waals surface area contributed by atoms with E-state index < -0.39 is 17.7 Å². The number of carbonyl (C=O) groups excluding carboxylic acids is 2. The van der Waals surface area contributed by atoms with Crippen molar-refractivity contribution in [3.63, 3.8) is 0 Å². The number of thiazole rings is 1. The molecule has 0 aliphatic rings.